The Morgan fingerprint density at radius 3 is 1.57 bits per heavy atom. The van der Waals surface area contributed by atoms with Gasteiger partial charge in [0, 0.05) is 27.2 Å². The van der Waals surface area contributed by atoms with Gasteiger partial charge in [-0.25, -0.2) is 9.20 Å². The summed E-state index contributed by atoms with van der Waals surface area (Å²) < 4.78 is 24.5. The van der Waals surface area contributed by atoms with E-state index in [0.29, 0.717) is 21.4 Å². The van der Waals surface area contributed by atoms with Gasteiger partial charge in [-0.15, -0.1) is 0 Å². The van der Waals surface area contributed by atoms with Crippen molar-refractivity contribution < 1.29 is 4.21 Å². The summed E-state index contributed by atoms with van der Waals surface area (Å²) in [7, 11) is -3.12. The predicted octanol–water partition coefficient (Wildman–Crippen LogP) is 11.3. The average Bonchev–Trinajstić information content (AvgIpc) is 3.67. The number of fused-ring (bicyclic) bond motifs is 7. The molecule has 0 fully saturated rings. The molecule has 49 heavy (non-hydrogen) atoms. The van der Waals surface area contributed by atoms with Crippen molar-refractivity contribution in [2.75, 3.05) is 0 Å². The van der Waals surface area contributed by atoms with Gasteiger partial charge < -0.3 is 4.57 Å². The molecule has 2 aromatic heterocycles. The molecule has 1 aliphatic rings. The lowest BCUT2D eigenvalue weighted by molar-refractivity contribution is 0.683. The minimum absolute atomic E-state index is 0.423. The van der Waals surface area contributed by atoms with Crippen LogP contribution in [0.3, 0.4) is 0 Å². The number of aromatic nitrogens is 2. The third-order valence-corrected chi connectivity index (χ3v) is 11.7. The van der Waals surface area contributed by atoms with Crippen LogP contribution in [0.2, 0.25) is 0 Å². The molecule has 0 saturated heterocycles. The van der Waals surface area contributed by atoms with Crippen LogP contribution in [-0.4, -0.2) is 18.5 Å². The summed E-state index contributed by atoms with van der Waals surface area (Å²) >= 11 is 0. The van der Waals surface area contributed by atoms with E-state index in [0.717, 1.165) is 38.6 Å². The van der Waals surface area contributed by atoms with E-state index in [1.165, 1.54) is 21.8 Å². The Balaban J connectivity index is 1.20. The van der Waals surface area contributed by atoms with Crippen molar-refractivity contribution in [1.82, 2.24) is 9.13 Å². The van der Waals surface area contributed by atoms with Crippen molar-refractivity contribution in [3.63, 3.8) is 0 Å². The second kappa shape index (κ2) is 10.6. The van der Waals surface area contributed by atoms with Gasteiger partial charge in [-0.2, -0.15) is 4.36 Å². The molecule has 0 radical (unpaired) electrons. The summed E-state index contributed by atoms with van der Waals surface area (Å²) in [6, 6.07) is 57.9. The van der Waals surface area contributed by atoms with Crippen molar-refractivity contribution >= 4 is 69.9 Å². The van der Waals surface area contributed by atoms with Crippen molar-refractivity contribution in [1.29, 1.82) is 0 Å². The molecule has 0 aliphatic carbocycles. The maximum Gasteiger partial charge on any atom is 0.218 e. The van der Waals surface area contributed by atoms with Gasteiger partial charge in [-0.1, -0.05) is 97.1 Å². The number of hydrogen-bond acceptors (Lipinski definition) is 3. The Kier molecular flexibility index (Phi) is 6.04. The van der Waals surface area contributed by atoms with Crippen LogP contribution in [0.15, 0.2) is 184 Å². The minimum atomic E-state index is -3.12. The molecular weight excluding hydrogens is 621 g/mol. The van der Waals surface area contributed by atoms with E-state index in [4.69, 9.17) is 9.36 Å². The van der Waals surface area contributed by atoms with Gasteiger partial charge in [0.25, 0.3) is 0 Å². The van der Waals surface area contributed by atoms with E-state index in [-0.39, 0.29) is 0 Å². The molecule has 6 heteroatoms. The number of para-hydroxylation sites is 4. The highest BCUT2D eigenvalue weighted by atomic mass is 32.2. The molecule has 1 unspecified atom stereocenters. The molecule has 10 rings (SSSR count). The predicted molar refractivity (Wildman–Crippen MR) is 203 cm³/mol. The van der Waals surface area contributed by atoms with E-state index in [9.17, 15) is 0 Å². The normalized spacial score (nSPS) is 15.8. The Hall–Kier alpha value is -6.24. The highest BCUT2D eigenvalue weighted by Gasteiger charge is 2.30. The topological polar surface area (TPSA) is 51.6 Å². The van der Waals surface area contributed by atoms with Gasteiger partial charge in [0.1, 0.15) is 9.73 Å². The van der Waals surface area contributed by atoms with Crippen LogP contribution in [0.25, 0.3) is 60.4 Å². The van der Waals surface area contributed by atoms with Crippen molar-refractivity contribution in [2.24, 2.45) is 9.36 Å². The number of benzene rings is 7. The number of nitrogens with zero attached hydrogens (tertiary/aromatic N) is 4. The lowest BCUT2D eigenvalue weighted by Gasteiger charge is -2.20. The smallest absolute Gasteiger partial charge is 0.218 e. The molecule has 9 aromatic rings. The maximum absolute atomic E-state index is 15.2. The highest BCUT2D eigenvalue weighted by Crippen LogP contribution is 2.41. The van der Waals surface area contributed by atoms with Crippen LogP contribution < -0.4 is 0 Å². The Morgan fingerprint density at radius 2 is 0.918 bits per heavy atom. The zero-order chi connectivity index (χ0) is 32.5. The summed E-state index contributed by atoms with van der Waals surface area (Å²) in [5, 5.41) is 4.98. The fraction of sp³-hybridized carbons (Fsp3) is 0. The molecule has 7 aromatic carbocycles. The molecule has 0 N–H and O–H groups in total. The van der Waals surface area contributed by atoms with Crippen LogP contribution in [0, 0.1) is 0 Å². The lowest BCUT2D eigenvalue weighted by Crippen LogP contribution is -2.24. The summed E-state index contributed by atoms with van der Waals surface area (Å²) in [5.74, 6) is 0. The SMILES string of the molecule is O=S1(c2ccccc2)=Nc2ccccc2N=C1n1c2ccccc2c2cc(-c3ccc4c(c3)c3ccccc3n4-c3ccccc3)ccc21. The molecular formula is C43H28N4OS. The summed E-state index contributed by atoms with van der Waals surface area (Å²) in [4.78, 5) is 5.73. The van der Waals surface area contributed by atoms with Crippen LogP contribution in [0.1, 0.15) is 0 Å². The minimum Gasteiger partial charge on any atom is -0.309 e. The van der Waals surface area contributed by atoms with Crippen LogP contribution >= 0.6 is 0 Å². The zero-order valence-electron chi connectivity index (χ0n) is 26.3. The fourth-order valence-corrected chi connectivity index (χ4v) is 9.30. The summed E-state index contributed by atoms with van der Waals surface area (Å²) in [6.07, 6.45) is 0. The number of hydrogen-bond donors (Lipinski definition) is 0. The second-order valence-corrected chi connectivity index (χ2v) is 14.4. The first-order valence-corrected chi connectivity index (χ1v) is 17.8. The Morgan fingerprint density at radius 1 is 0.429 bits per heavy atom. The molecule has 5 nitrogen and oxygen atoms in total. The van der Waals surface area contributed by atoms with Gasteiger partial charge in [0.2, 0.25) is 5.17 Å². The quantitative estimate of drug-likeness (QED) is 0.188. The van der Waals surface area contributed by atoms with Crippen LogP contribution in [0.4, 0.5) is 11.4 Å². The molecule has 232 valence electrons. The van der Waals surface area contributed by atoms with Crippen molar-refractivity contribution in [3.05, 3.63) is 170 Å². The summed E-state index contributed by atoms with van der Waals surface area (Å²) in [5.41, 5.74) is 8.95. The third kappa shape index (κ3) is 4.17. The monoisotopic (exact) mass is 648 g/mol. The molecule has 0 bridgehead atoms. The third-order valence-electron chi connectivity index (χ3n) is 9.52. The molecule has 0 amide bonds. The Labute approximate surface area is 283 Å². The van der Waals surface area contributed by atoms with E-state index in [1.54, 1.807) is 0 Å². The Bertz CT molecular complexity index is 2930. The zero-order valence-corrected chi connectivity index (χ0v) is 27.1. The van der Waals surface area contributed by atoms with E-state index >= 15 is 4.21 Å². The van der Waals surface area contributed by atoms with Crippen LogP contribution in [-0.2, 0) is 9.73 Å². The fourth-order valence-electron chi connectivity index (χ4n) is 7.28. The molecule has 1 aliphatic heterocycles. The first-order chi connectivity index (χ1) is 24.2. The van der Waals surface area contributed by atoms with Crippen molar-refractivity contribution in [3.8, 4) is 16.8 Å². The number of aliphatic imine (C=N–C) groups is 1. The van der Waals surface area contributed by atoms with Gasteiger partial charge in [-0.05, 0) is 83.9 Å². The van der Waals surface area contributed by atoms with E-state index in [1.807, 2.05) is 60.7 Å². The van der Waals surface area contributed by atoms with Crippen molar-refractivity contribution in [2.45, 2.75) is 4.90 Å². The number of rotatable bonds is 3. The first kappa shape index (κ1) is 27.8. The molecule has 0 spiro atoms. The summed E-state index contributed by atoms with van der Waals surface area (Å²) in [6.45, 7) is 0. The van der Waals surface area contributed by atoms with E-state index < -0.39 is 9.73 Å². The lowest BCUT2D eigenvalue weighted by atomic mass is 10.0. The van der Waals surface area contributed by atoms with Gasteiger partial charge in [-0.3, -0.25) is 4.57 Å². The first-order valence-electron chi connectivity index (χ1n) is 16.3. The maximum atomic E-state index is 15.2. The molecule has 1 atom stereocenters. The van der Waals surface area contributed by atoms with E-state index in [2.05, 4.69) is 118 Å². The largest absolute Gasteiger partial charge is 0.309 e. The van der Waals surface area contributed by atoms with Gasteiger partial charge in [0.15, 0.2) is 0 Å². The van der Waals surface area contributed by atoms with Gasteiger partial charge in [0.05, 0.1) is 38.3 Å². The average molecular weight is 649 g/mol. The highest BCUT2D eigenvalue weighted by molar-refractivity contribution is 8.08. The van der Waals surface area contributed by atoms with Crippen LogP contribution in [0.5, 0.6) is 0 Å². The van der Waals surface area contributed by atoms with Gasteiger partial charge >= 0.3 is 0 Å². The second-order valence-electron chi connectivity index (χ2n) is 12.3. The molecule has 0 saturated carbocycles. The standard InChI is InChI=1S/C43H28N4OS/c48-49(32-15-5-2-6-16-32)43(44-37-19-9-10-20-38(37)45-49)47-40-22-12-8-18-34(40)36-28-30(24-26-42(36)47)29-23-25-41-35(27-29)33-17-7-11-21-39(33)46(41)31-13-3-1-4-14-31/h1-28H. The molecule has 3 heterocycles.